The summed E-state index contributed by atoms with van der Waals surface area (Å²) in [5, 5.41) is 2.22. The van der Waals surface area contributed by atoms with Crippen molar-refractivity contribution in [3.63, 3.8) is 0 Å². The van der Waals surface area contributed by atoms with Gasteiger partial charge in [-0.3, -0.25) is 4.79 Å². The predicted molar refractivity (Wildman–Crippen MR) is 118 cm³/mol. The molecule has 1 amide bonds. The van der Waals surface area contributed by atoms with Crippen LogP contribution in [-0.2, 0) is 19.6 Å². The van der Waals surface area contributed by atoms with Gasteiger partial charge in [-0.2, -0.15) is 4.31 Å². The number of hydrogen-bond donors (Lipinski definition) is 1. The number of nitrogens with one attached hydrogen (secondary N) is 1. The van der Waals surface area contributed by atoms with Gasteiger partial charge in [-0.05, 0) is 56.2 Å². The van der Waals surface area contributed by atoms with Crippen LogP contribution < -0.4 is 5.32 Å². The van der Waals surface area contributed by atoms with Crippen molar-refractivity contribution in [1.29, 1.82) is 0 Å². The highest BCUT2D eigenvalue weighted by Crippen LogP contribution is 2.26. The maximum atomic E-state index is 13.7. The lowest BCUT2D eigenvalue weighted by atomic mass is 9.96. The monoisotopic (exact) mass is 480 g/mol. The third-order valence-corrected chi connectivity index (χ3v) is 7.62. The van der Waals surface area contributed by atoms with E-state index in [2.05, 4.69) is 5.32 Å². The number of carbonyl (C=O) groups is 2. The molecule has 2 aromatic carbocycles. The third kappa shape index (κ3) is 5.94. The van der Waals surface area contributed by atoms with Crippen LogP contribution >= 0.6 is 0 Å². The minimum absolute atomic E-state index is 0.0429. The molecule has 0 aromatic heterocycles. The zero-order valence-electron chi connectivity index (χ0n) is 18.4. The molecule has 1 aliphatic carbocycles. The highest BCUT2D eigenvalue weighted by molar-refractivity contribution is 7.89. The van der Waals surface area contributed by atoms with Crippen molar-refractivity contribution in [2.45, 2.75) is 56.1 Å². The number of benzene rings is 2. The Morgan fingerprint density at radius 1 is 1.06 bits per heavy atom. The first-order valence-electron chi connectivity index (χ1n) is 10.6. The molecule has 0 saturated heterocycles. The molecule has 1 fully saturated rings. The molecule has 178 valence electrons. The average molecular weight is 481 g/mol. The standard InChI is InChI=1S/C23H26F2N2O5S/c1-15(22(28)26-21-13-10-17(24)14-20(21)25)32-23(29)16-8-11-19(12-9-16)33(30,31)27(2)18-6-4-3-5-7-18/h8-15,18H,3-7H2,1-2H3,(H,26,28). The second-order valence-electron chi connectivity index (χ2n) is 8.00. The zero-order chi connectivity index (χ0) is 24.2. The Labute approximate surface area is 191 Å². The van der Waals surface area contributed by atoms with E-state index in [1.807, 2.05) is 0 Å². The maximum absolute atomic E-state index is 13.7. The normalized spacial score (nSPS) is 15.8. The smallest absolute Gasteiger partial charge is 0.338 e. The van der Waals surface area contributed by atoms with Crippen LogP contribution in [0.3, 0.4) is 0 Å². The summed E-state index contributed by atoms with van der Waals surface area (Å²) in [6.45, 7) is 1.30. The summed E-state index contributed by atoms with van der Waals surface area (Å²) in [5.74, 6) is -3.40. The molecule has 1 N–H and O–H groups in total. The lowest BCUT2D eigenvalue weighted by Gasteiger charge is -2.30. The second-order valence-corrected chi connectivity index (χ2v) is 10.00. The Morgan fingerprint density at radius 2 is 1.70 bits per heavy atom. The highest BCUT2D eigenvalue weighted by atomic mass is 32.2. The molecule has 0 spiro atoms. The number of esters is 1. The largest absolute Gasteiger partial charge is 0.449 e. The SMILES string of the molecule is CC(OC(=O)c1ccc(S(=O)(=O)N(C)C2CCCCC2)cc1)C(=O)Nc1ccc(F)cc1F. The van der Waals surface area contributed by atoms with E-state index in [4.69, 9.17) is 4.74 Å². The quantitative estimate of drug-likeness (QED) is 0.603. The van der Waals surface area contributed by atoms with E-state index >= 15 is 0 Å². The van der Waals surface area contributed by atoms with Gasteiger partial charge in [0.2, 0.25) is 10.0 Å². The number of rotatable bonds is 7. The Bertz CT molecular complexity index is 1120. The molecule has 33 heavy (non-hydrogen) atoms. The van der Waals surface area contributed by atoms with Crippen molar-refractivity contribution in [2.24, 2.45) is 0 Å². The first kappa shape index (κ1) is 24.8. The number of nitrogens with zero attached hydrogens (tertiary/aromatic N) is 1. The molecule has 10 heteroatoms. The van der Waals surface area contributed by atoms with Gasteiger partial charge in [-0.1, -0.05) is 19.3 Å². The molecular weight excluding hydrogens is 454 g/mol. The van der Waals surface area contributed by atoms with Crippen molar-refractivity contribution >= 4 is 27.6 Å². The first-order valence-corrected chi connectivity index (χ1v) is 12.1. The molecule has 2 aromatic rings. The molecule has 3 rings (SSSR count). The van der Waals surface area contributed by atoms with E-state index in [0.29, 0.717) is 6.07 Å². The first-order chi connectivity index (χ1) is 15.6. The van der Waals surface area contributed by atoms with Crippen LogP contribution in [0.5, 0.6) is 0 Å². The van der Waals surface area contributed by atoms with Gasteiger partial charge in [0, 0.05) is 19.2 Å². The summed E-state index contributed by atoms with van der Waals surface area (Å²) in [6.07, 6.45) is 3.46. The van der Waals surface area contributed by atoms with Crippen LogP contribution in [0.4, 0.5) is 14.5 Å². The fraction of sp³-hybridized carbons (Fsp3) is 0.391. The van der Waals surface area contributed by atoms with Gasteiger partial charge in [-0.15, -0.1) is 0 Å². The van der Waals surface area contributed by atoms with E-state index in [1.54, 1.807) is 7.05 Å². The summed E-state index contributed by atoms with van der Waals surface area (Å²) in [6, 6.07) is 7.89. The summed E-state index contributed by atoms with van der Waals surface area (Å²) in [7, 11) is -2.14. The number of amides is 1. The second kappa shape index (κ2) is 10.4. The lowest BCUT2D eigenvalue weighted by molar-refractivity contribution is -0.123. The van der Waals surface area contributed by atoms with Crippen LogP contribution in [-0.4, -0.2) is 43.8 Å². The van der Waals surface area contributed by atoms with Crippen molar-refractivity contribution in [3.05, 3.63) is 59.7 Å². The van der Waals surface area contributed by atoms with Crippen LogP contribution in [0.15, 0.2) is 47.4 Å². The van der Waals surface area contributed by atoms with Gasteiger partial charge in [0.05, 0.1) is 16.1 Å². The molecule has 1 unspecified atom stereocenters. The van der Waals surface area contributed by atoms with Crippen LogP contribution in [0, 0.1) is 11.6 Å². The minimum Gasteiger partial charge on any atom is -0.449 e. The zero-order valence-corrected chi connectivity index (χ0v) is 19.2. The van der Waals surface area contributed by atoms with Crippen molar-refractivity contribution in [2.75, 3.05) is 12.4 Å². The van der Waals surface area contributed by atoms with E-state index in [9.17, 15) is 26.8 Å². The Hall–Kier alpha value is -2.85. The number of ether oxygens (including phenoxy) is 1. The minimum atomic E-state index is -3.70. The number of sulfonamides is 1. The predicted octanol–water partition coefficient (Wildman–Crippen LogP) is 4.10. The Kier molecular flexibility index (Phi) is 7.80. The molecule has 1 aliphatic rings. The molecule has 0 heterocycles. The average Bonchev–Trinajstić information content (AvgIpc) is 2.80. The maximum Gasteiger partial charge on any atom is 0.338 e. The number of anilines is 1. The van der Waals surface area contributed by atoms with Gasteiger partial charge in [0.1, 0.15) is 11.6 Å². The van der Waals surface area contributed by atoms with E-state index in [1.165, 1.54) is 35.5 Å². The van der Waals surface area contributed by atoms with Crippen molar-refractivity contribution in [3.8, 4) is 0 Å². The van der Waals surface area contributed by atoms with Gasteiger partial charge in [-0.25, -0.2) is 22.0 Å². The topological polar surface area (TPSA) is 92.8 Å². The molecule has 0 bridgehead atoms. The third-order valence-electron chi connectivity index (χ3n) is 5.70. The van der Waals surface area contributed by atoms with Crippen molar-refractivity contribution in [1.82, 2.24) is 4.31 Å². The molecule has 0 radical (unpaired) electrons. The lowest BCUT2D eigenvalue weighted by Crippen LogP contribution is -2.38. The summed E-state index contributed by atoms with van der Waals surface area (Å²) < 4.78 is 59.0. The van der Waals surface area contributed by atoms with Gasteiger partial charge in [0.25, 0.3) is 5.91 Å². The molecular formula is C23H26F2N2O5S. The van der Waals surface area contributed by atoms with Gasteiger partial charge in [0.15, 0.2) is 6.10 Å². The van der Waals surface area contributed by atoms with Crippen molar-refractivity contribution < 1.29 is 31.5 Å². The van der Waals surface area contributed by atoms with E-state index < -0.39 is 39.6 Å². The number of hydrogen-bond acceptors (Lipinski definition) is 5. The van der Waals surface area contributed by atoms with E-state index in [-0.39, 0.29) is 22.2 Å². The summed E-state index contributed by atoms with van der Waals surface area (Å²) in [4.78, 5) is 24.6. The number of halogens is 2. The fourth-order valence-electron chi connectivity index (χ4n) is 3.68. The molecule has 0 aliphatic heterocycles. The highest BCUT2D eigenvalue weighted by Gasteiger charge is 2.29. The Morgan fingerprint density at radius 3 is 2.30 bits per heavy atom. The van der Waals surface area contributed by atoms with Crippen LogP contribution in [0.1, 0.15) is 49.4 Å². The van der Waals surface area contributed by atoms with Crippen LogP contribution in [0.25, 0.3) is 0 Å². The molecule has 7 nitrogen and oxygen atoms in total. The molecule has 1 atom stereocenters. The van der Waals surface area contributed by atoms with Gasteiger partial charge < -0.3 is 10.1 Å². The number of carbonyl (C=O) groups excluding carboxylic acids is 2. The van der Waals surface area contributed by atoms with E-state index in [0.717, 1.165) is 44.2 Å². The Balaban J connectivity index is 1.62. The summed E-state index contributed by atoms with van der Waals surface area (Å²) >= 11 is 0. The molecule has 1 saturated carbocycles. The summed E-state index contributed by atoms with van der Waals surface area (Å²) in [5.41, 5.74) is -0.192. The van der Waals surface area contributed by atoms with Gasteiger partial charge >= 0.3 is 5.97 Å². The van der Waals surface area contributed by atoms with Crippen LogP contribution in [0.2, 0.25) is 0 Å². The fourth-order valence-corrected chi connectivity index (χ4v) is 5.09.